The summed E-state index contributed by atoms with van der Waals surface area (Å²) in [7, 11) is 0.193. The van der Waals surface area contributed by atoms with Gasteiger partial charge in [-0.15, -0.1) is 0 Å². The van der Waals surface area contributed by atoms with Gasteiger partial charge in [-0.05, 0) is 43.4 Å². The second-order valence-electron chi connectivity index (χ2n) is 10.1. The lowest BCUT2D eigenvalue weighted by Crippen LogP contribution is -2.45. The smallest absolute Gasteiger partial charge is 0.296 e. The second kappa shape index (κ2) is 12.4. The lowest BCUT2D eigenvalue weighted by atomic mass is 10.0. The van der Waals surface area contributed by atoms with Crippen molar-refractivity contribution in [2.75, 3.05) is 40.4 Å². The average molecular weight is 602 g/mol. The van der Waals surface area contributed by atoms with Gasteiger partial charge in [0.1, 0.15) is 12.2 Å². The average Bonchev–Trinajstić information content (AvgIpc) is 3.33. The quantitative estimate of drug-likeness (QED) is 0.215. The van der Waals surface area contributed by atoms with E-state index in [-0.39, 0.29) is 24.1 Å². The number of sulfonamides is 1. The molecule has 1 aliphatic rings. The molecule has 3 heterocycles. The van der Waals surface area contributed by atoms with Crippen LogP contribution in [0.15, 0.2) is 59.5 Å². The number of imidazole rings is 1. The van der Waals surface area contributed by atoms with Crippen molar-refractivity contribution >= 4 is 32.8 Å². The highest BCUT2D eigenvalue weighted by Gasteiger charge is 2.31. The van der Waals surface area contributed by atoms with Crippen LogP contribution in [0.3, 0.4) is 0 Å². The van der Waals surface area contributed by atoms with E-state index in [9.17, 15) is 18.6 Å². The molecule has 1 saturated heterocycles. The minimum Gasteiger partial charge on any atom is -0.459 e. The van der Waals surface area contributed by atoms with Gasteiger partial charge < -0.3 is 29.6 Å². The van der Waals surface area contributed by atoms with E-state index < -0.39 is 28.3 Å². The molecular formula is C28H32ClN5O6S. The number of H-pyrrole nitrogens is 1. The number of likely N-dealkylation sites (N-methyl/N-ethyl adjacent to an activating group) is 1. The number of aliphatic hydroxyl groups excluding tert-OH is 2. The number of aromatic amines is 1. The predicted octanol–water partition coefficient (Wildman–Crippen LogP) is 2.67. The summed E-state index contributed by atoms with van der Waals surface area (Å²) in [5.74, 6) is 0. The van der Waals surface area contributed by atoms with Crippen LogP contribution in [0.2, 0.25) is 5.02 Å². The summed E-state index contributed by atoms with van der Waals surface area (Å²) in [6, 6.07) is 16.3. The van der Waals surface area contributed by atoms with Crippen LogP contribution in [0.1, 0.15) is 6.42 Å². The van der Waals surface area contributed by atoms with Gasteiger partial charge >= 0.3 is 0 Å². The number of benzene rings is 2. The standard InChI is InChI=1S/C28H32ClN5O6S/c1-34(2)12-11-30-41(37,38)21-9-7-18(8-10-21)17-3-5-19(6-4-17)26-22(29)14-23-27(32-26)33-28(31-23)40-20-13-24(36)25(15-35)39-16-20/h3-10,14,20,24-25,30,35-36H,11-13,15-16H2,1-2H3,(H,31,32,33)/t20-,24+,25-/m1/s1. The number of hydrogen-bond donors (Lipinski definition) is 4. The van der Waals surface area contributed by atoms with Crippen LogP contribution in [0.5, 0.6) is 6.01 Å². The van der Waals surface area contributed by atoms with Crippen molar-refractivity contribution in [3.05, 3.63) is 59.6 Å². The van der Waals surface area contributed by atoms with Crippen molar-refractivity contribution in [1.82, 2.24) is 24.6 Å². The van der Waals surface area contributed by atoms with Crippen LogP contribution in [0.4, 0.5) is 0 Å². The molecule has 1 aliphatic heterocycles. The number of aliphatic hydroxyl groups is 2. The molecule has 13 heteroatoms. The Bertz CT molecular complexity index is 1600. The fourth-order valence-corrected chi connectivity index (χ4v) is 5.82. The summed E-state index contributed by atoms with van der Waals surface area (Å²) >= 11 is 6.57. The number of aromatic nitrogens is 3. The molecule has 0 saturated carbocycles. The molecule has 11 nitrogen and oxygen atoms in total. The molecule has 0 unspecified atom stereocenters. The van der Waals surface area contributed by atoms with Crippen LogP contribution in [0, 0.1) is 0 Å². The fraction of sp³-hybridized carbons (Fsp3) is 0.357. The van der Waals surface area contributed by atoms with Crippen molar-refractivity contribution in [2.45, 2.75) is 29.6 Å². The number of ether oxygens (including phenoxy) is 2. The van der Waals surface area contributed by atoms with Crippen molar-refractivity contribution < 1.29 is 28.1 Å². The molecule has 2 aromatic carbocycles. The SMILES string of the molecule is CN(C)CCNS(=O)(=O)c1ccc(-c2ccc(-c3nc4nc(O[C@H]5CO[C@H](CO)[C@@H](O)C5)[nH]c4cc3Cl)cc2)cc1. The summed E-state index contributed by atoms with van der Waals surface area (Å²) in [5.41, 5.74) is 4.14. The molecule has 1 fully saturated rings. The minimum absolute atomic E-state index is 0.213. The summed E-state index contributed by atoms with van der Waals surface area (Å²) in [6.07, 6.45) is -1.56. The topological polar surface area (TPSA) is 150 Å². The largest absolute Gasteiger partial charge is 0.459 e. The molecule has 3 atom stereocenters. The van der Waals surface area contributed by atoms with Gasteiger partial charge in [0.2, 0.25) is 10.0 Å². The maximum absolute atomic E-state index is 12.5. The molecule has 4 aromatic rings. The first kappa shape index (κ1) is 29.4. The van der Waals surface area contributed by atoms with Crippen LogP contribution >= 0.6 is 11.6 Å². The van der Waals surface area contributed by atoms with Crippen molar-refractivity contribution in [3.63, 3.8) is 0 Å². The Labute approximate surface area is 243 Å². The Morgan fingerprint density at radius 3 is 2.39 bits per heavy atom. The van der Waals surface area contributed by atoms with Crippen molar-refractivity contribution in [2.24, 2.45) is 0 Å². The van der Waals surface area contributed by atoms with Gasteiger partial charge in [-0.2, -0.15) is 4.98 Å². The Morgan fingerprint density at radius 1 is 1.10 bits per heavy atom. The van der Waals surface area contributed by atoms with E-state index in [0.717, 1.165) is 16.7 Å². The lowest BCUT2D eigenvalue weighted by Gasteiger charge is -2.31. The highest BCUT2D eigenvalue weighted by atomic mass is 35.5. The number of rotatable bonds is 10. The zero-order valence-corrected chi connectivity index (χ0v) is 24.2. The first-order chi connectivity index (χ1) is 19.6. The molecule has 2 aromatic heterocycles. The number of nitrogens with one attached hydrogen (secondary N) is 2. The molecule has 5 rings (SSSR count). The minimum atomic E-state index is -3.58. The Balaban J connectivity index is 1.28. The maximum Gasteiger partial charge on any atom is 0.296 e. The normalized spacial score (nSPS) is 19.6. The van der Waals surface area contributed by atoms with Gasteiger partial charge in [0.15, 0.2) is 5.65 Å². The van der Waals surface area contributed by atoms with Crippen molar-refractivity contribution in [1.29, 1.82) is 0 Å². The summed E-state index contributed by atoms with van der Waals surface area (Å²) in [5, 5.41) is 19.7. The van der Waals surface area contributed by atoms with E-state index in [1.165, 1.54) is 0 Å². The van der Waals surface area contributed by atoms with Crippen LogP contribution in [0.25, 0.3) is 33.5 Å². The molecule has 41 heavy (non-hydrogen) atoms. The van der Waals surface area contributed by atoms with Crippen LogP contribution in [-0.2, 0) is 14.8 Å². The third kappa shape index (κ3) is 6.87. The molecule has 0 bridgehead atoms. The summed E-state index contributed by atoms with van der Waals surface area (Å²) in [4.78, 5) is 14.2. The molecular weight excluding hydrogens is 570 g/mol. The maximum atomic E-state index is 12.5. The summed E-state index contributed by atoms with van der Waals surface area (Å²) in [6.45, 7) is 0.907. The molecule has 0 amide bonds. The van der Waals surface area contributed by atoms with Gasteiger partial charge in [-0.25, -0.2) is 18.1 Å². The van der Waals surface area contributed by atoms with Crippen LogP contribution in [-0.4, -0.2) is 97.2 Å². The molecule has 0 aliphatic carbocycles. The number of nitrogens with zero attached hydrogens (tertiary/aromatic N) is 3. The highest BCUT2D eigenvalue weighted by Crippen LogP contribution is 2.32. The van der Waals surface area contributed by atoms with Gasteiger partial charge in [0.25, 0.3) is 6.01 Å². The predicted molar refractivity (Wildman–Crippen MR) is 155 cm³/mol. The van der Waals surface area contributed by atoms with Crippen molar-refractivity contribution in [3.8, 4) is 28.4 Å². The third-order valence-corrected chi connectivity index (χ3v) is 8.57. The Hall–Kier alpha value is -3.10. The van der Waals surface area contributed by atoms with E-state index >= 15 is 0 Å². The van der Waals surface area contributed by atoms with Crippen LogP contribution < -0.4 is 9.46 Å². The first-order valence-electron chi connectivity index (χ1n) is 13.1. The van der Waals surface area contributed by atoms with Gasteiger partial charge in [0.05, 0.1) is 40.4 Å². The Kier molecular flexibility index (Phi) is 8.90. The highest BCUT2D eigenvalue weighted by molar-refractivity contribution is 7.89. The van der Waals surface area contributed by atoms with Gasteiger partial charge in [0, 0.05) is 25.1 Å². The fourth-order valence-electron chi connectivity index (χ4n) is 4.53. The van der Waals surface area contributed by atoms with E-state index in [1.54, 1.807) is 30.3 Å². The molecule has 0 radical (unpaired) electrons. The third-order valence-electron chi connectivity index (χ3n) is 6.80. The lowest BCUT2D eigenvalue weighted by molar-refractivity contribution is -0.131. The molecule has 218 valence electrons. The number of hydrogen-bond acceptors (Lipinski definition) is 9. The van der Waals surface area contributed by atoms with Gasteiger partial charge in [-0.3, -0.25) is 0 Å². The number of halogens is 1. The number of pyridine rings is 1. The Morgan fingerprint density at radius 2 is 1.76 bits per heavy atom. The van der Waals surface area contributed by atoms with Gasteiger partial charge in [-0.1, -0.05) is 48.0 Å². The van der Waals surface area contributed by atoms with E-state index in [0.29, 0.717) is 41.4 Å². The zero-order valence-electron chi connectivity index (χ0n) is 22.6. The van der Waals surface area contributed by atoms with E-state index in [2.05, 4.69) is 19.7 Å². The van der Waals surface area contributed by atoms with E-state index in [1.807, 2.05) is 43.3 Å². The van der Waals surface area contributed by atoms with E-state index in [4.69, 9.17) is 21.1 Å². The summed E-state index contributed by atoms with van der Waals surface area (Å²) < 4.78 is 39.0. The molecule has 4 N–H and O–H groups in total. The number of fused-ring (bicyclic) bond motifs is 1. The first-order valence-corrected chi connectivity index (χ1v) is 15.0. The monoisotopic (exact) mass is 601 g/mol. The second-order valence-corrected chi connectivity index (χ2v) is 12.3. The zero-order chi connectivity index (χ0) is 29.1. The molecule has 0 spiro atoms.